The van der Waals surface area contributed by atoms with E-state index in [4.69, 9.17) is 9.15 Å². The third kappa shape index (κ3) is 4.56. The first kappa shape index (κ1) is 20.9. The molecule has 162 valence electrons. The average Bonchev–Trinajstić information content (AvgIpc) is 3.16. The molecule has 3 amide bonds. The van der Waals surface area contributed by atoms with Gasteiger partial charge in [0.25, 0.3) is 5.91 Å². The second-order valence-corrected chi connectivity index (χ2v) is 7.63. The molecule has 0 atom stereocenters. The Hall–Kier alpha value is -3.32. The van der Waals surface area contributed by atoms with Crippen LogP contribution in [-0.4, -0.2) is 55.1 Å². The summed E-state index contributed by atoms with van der Waals surface area (Å²) in [5, 5.41) is 3.92. The zero-order valence-electron chi connectivity index (χ0n) is 17.9. The molecule has 1 aliphatic heterocycles. The molecule has 1 aromatic heterocycles. The first-order valence-electron chi connectivity index (χ1n) is 10.5. The van der Waals surface area contributed by atoms with Crippen LogP contribution in [0.3, 0.4) is 0 Å². The van der Waals surface area contributed by atoms with Crippen LogP contribution in [0.2, 0.25) is 0 Å². The fraction of sp³-hybridized carbons (Fsp3) is 0.333. The van der Waals surface area contributed by atoms with E-state index in [2.05, 4.69) is 5.32 Å². The van der Waals surface area contributed by atoms with Gasteiger partial charge in [-0.05, 0) is 24.3 Å². The SMILES string of the molecule is CCc1oc2ccccc2c1CN(C)C(=O)Nc1cccc(C(=O)N2CCOCC2)c1. The van der Waals surface area contributed by atoms with Crippen LogP contribution in [0, 0.1) is 0 Å². The molecule has 1 saturated heterocycles. The Morgan fingerprint density at radius 3 is 2.65 bits per heavy atom. The maximum absolute atomic E-state index is 12.8. The monoisotopic (exact) mass is 421 g/mol. The van der Waals surface area contributed by atoms with Crippen molar-refractivity contribution in [2.45, 2.75) is 19.9 Å². The fourth-order valence-electron chi connectivity index (χ4n) is 3.82. The van der Waals surface area contributed by atoms with Gasteiger partial charge in [0, 0.05) is 48.8 Å². The summed E-state index contributed by atoms with van der Waals surface area (Å²) in [6.45, 7) is 4.73. The minimum atomic E-state index is -0.247. The number of anilines is 1. The van der Waals surface area contributed by atoms with Gasteiger partial charge in [-0.1, -0.05) is 31.2 Å². The number of hydrogen-bond acceptors (Lipinski definition) is 4. The lowest BCUT2D eigenvalue weighted by Crippen LogP contribution is -2.40. The highest BCUT2D eigenvalue weighted by atomic mass is 16.5. The molecule has 0 radical (unpaired) electrons. The normalized spacial score (nSPS) is 13.9. The van der Waals surface area contributed by atoms with Gasteiger partial charge in [-0.3, -0.25) is 4.79 Å². The number of nitrogens with one attached hydrogen (secondary N) is 1. The van der Waals surface area contributed by atoms with Crippen molar-refractivity contribution in [1.29, 1.82) is 0 Å². The van der Waals surface area contributed by atoms with Crippen LogP contribution >= 0.6 is 0 Å². The van der Waals surface area contributed by atoms with Gasteiger partial charge in [-0.2, -0.15) is 0 Å². The highest BCUT2D eigenvalue weighted by Gasteiger charge is 2.20. The van der Waals surface area contributed by atoms with Crippen molar-refractivity contribution in [1.82, 2.24) is 9.80 Å². The molecular formula is C24H27N3O4. The minimum absolute atomic E-state index is 0.0507. The molecule has 0 unspecified atom stereocenters. The second-order valence-electron chi connectivity index (χ2n) is 7.63. The number of nitrogens with zero attached hydrogens (tertiary/aromatic N) is 2. The highest BCUT2D eigenvalue weighted by Crippen LogP contribution is 2.27. The Balaban J connectivity index is 1.45. The molecule has 7 heteroatoms. The van der Waals surface area contributed by atoms with Gasteiger partial charge < -0.3 is 24.3 Å². The van der Waals surface area contributed by atoms with Crippen molar-refractivity contribution >= 4 is 28.6 Å². The molecule has 2 heterocycles. The molecule has 7 nitrogen and oxygen atoms in total. The fourth-order valence-corrected chi connectivity index (χ4v) is 3.82. The van der Waals surface area contributed by atoms with Crippen LogP contribution in [0.5, 0.6) is 0 Å². The number of amides is 3. The number of para-hydroxylation sites is 1. The molecule has 3 aromatic rings. The quantitative estimate of drug-likeness (QED) is 0.672. The highest BCUT2D eigenvalue weighted by molar-refractivity contribution is 5.97. The molecule has 1 N–H and O–H groups in total. The van der Waals surface area contributed by atoms with Crippen LogP contribution in [0.25, 0.3) is 11.0 Å². The van der Waals surface area contributed by atoms with Crippen molar-refractivity contribution < 1.29 is 18.7 Å². The Morgan fingerprint density at radius 1 is 1.10 bits per heavy atom. The molecule has 4 rings (SSSR count). The van der Waals surface area contributed by atoms with Gasteiger partial charge in [-0.15, -0.1) is 0 Å². The van der Waals surface area contributed by atoms with Gasteiger partial charge in [0.05, 0.1) is 19.8 Å². The first-order chi connectivity index (χ1) is 15.1. The molecule has 0 saturated carbocycles. The molecule has 1 aliphatic rings. The maximum atomic E-state index is 12.8. The number of fused-ring (bicyclic) bond motifs is 1. The number of morpholine rings is 1. The van der Waals surface area contributed by atoms with Gasteiger partial charge in [-0.25, -0.2) is 4.79 Å². The summed E-state index contributed by atoms with van der Waals surface area (Å²) in [5.41, 5.74) is 2.99. The number of carbonyl (C=O) groups is 2. The predicted molar refractivity (Wildman–Crippen MR) is 119 cm³/mol. The van der Waals surface area contributed by atoms with E-state index in [9.17, 15) is 9.59 Å². The van der Waals surface area contributed by atoms with E-state index in [0.29, 0.717) is 44.1 Å². The van der Waals surface area contributed by atoms with E-state index in [1.807, 2.05) is 31.2 Å². The standard InChI is InChI=1S/C24H27N3O4/c1-3-21-20(19-9-4-5-10-22(19)31-21)16-26(2)24(29)25-18-8-6-7-17(15-18)23(28)27-11-13-30-14-12-27/h4-10,15H,3,11-14,16H2,1-2H3,(H,25,29). The van der Waals surface area contributed by atoms with Crippen LogP contribution < -0.4 is 5.32 Å². The molecule has 2 aromatic carbocycles. The summed E-state index contributed by atoms with van der Waals surface area (Å²) in [5.74, 6) is 0.837. The van der Waals surface area contributed by atoms with E-state index >= 15 is 0 Å². The number of furan rings is 1. The number of rotatable bonds is 5. The van der Waals surface area contributed by atoms with Gasteiger partial charge in [0.2, 0.25) is 0 Å². The second kappa shape index (κ2) is 9.22. The minimum Gasteiger partial charge on any atom is -0.461 e. The Labute approximate surface area is 181 Å². The lowest BCUT2D eigenvalue weighted by Gasteiger charge is -2.27. The maximum Gasteiger partial charge on any atom is 0.321 e. The summed E-state index contributed by atoms with van der Waals surface area (Å²) in [7, 11) is 1.75. The number of urea groups is 1. The Morgan fingerprint density at radius 2 is 1.87 bits per heavy atom. The van der Waals surface area contributed by atoms with E-state index in [1.165, 1.54) is 0 Å². The Bertz CT molecular complexity index is 1090. The van der Waals surface area contributed by atoms with E-state index < -0.39 is 0 Å². The largest absolute Gasteiger partial charge is 0.461 e. The summed E-state index contributed by atoms with van der Waals surface area (Å²) < 4.78 is 11.2. The lowest BCUT2D eigenvalue weighted by molar-refractivity contribution is 0.0303. The van der Waals surface area contributed by atoms with Crippen molar-refractivity contribution in [2.24, 2.45) is 0 Å². The number of carbonyl (C=O) groups excluding carboxylic acids is 2. The third-order valence-electron chi connectivity index (χ3n) is 5.50. The smallest absolute Gasteiger partial charge is 0.321 e. The van der Waals surface area contributed by atoms with Gasteiger partial charge in [0.1, 0.15) is 11.3 Å². The zero-order chi connectivity index (χ0) is 21.8. The van der Waals surface area contributed by atoms with Crippen LogP contribution in [0.15, 0.2) is 52.9 Å². The van der Waals surface area contributed by atoms with E-state index in [-0.39, 0.29) is 11.9 Å². The number of benzene rings is 2. The summed E-state index contributed by atoms with van der Waals surface area (Å²) >= 11 is 0. The van der Waals surface area contributed by atoms with Gasteiger partial charge >= 0.3 is 6.03 Å². The van der Waals surface area contributed by atoms with E-state index in [0.717, 1.165) is 28.7 Å². The van der Waals surface area contributed by atoms with Crippen molar-refractivity contribution in [3.8, 4) is 0 Å². The van der Waals surface area contributed by atoms with Crippen LogP contribution in [-0.2, 0) is 17.7 Å². The summed E-state index contributed by atoms with van der Waals surface area (Å²) in [4.78, 5) is 28.9. The first-order valence-corrected chi connectivity index (χ1v) is 10.5. The third-order valence-corrected chi connectivity index (χ3v) is 5.50. The number of ether oxygens (including phenoxy) is 1. The lowest BCUT2D eigenvalue weighted by atomic mass is 10.1. The number of hydrogen-bond donors (Lipinski definition) is 1. The molecule has 0 bridgehead atoms. The summed E-state index contributed by atoms with van der Waals surface area (Å²) in [6, 6.07) is 14.7. The molecule has 1 fully saturated rings. The van der Waals surface area contributed by atoms with Crippen LogP contribution in [0.4, 0.5) is 10.5 Å². The predicted octanol–water partition coefficient (Wildman–Crippen LogP) is 4.13. The molecule has 31 heavy (non-hydrogen) atoms. The van der Waals surface area contributed by atoms with E-state index in [1.54, 1.807) is 41.1 Å². The molecule has 0 spiro atoms. The molecular weight excluding hydrogens is 394 g/mol. The van der Waals surface area contributed by atoms with Crippen LogP contribution in [0.1, 0.15) is 28.6 Å². The van der Waals surface area contributed by atoms with Crippen molar-refractivity contribution in [3.63, 3.8) is 0 Å². The van der Waals surface area contributed by atoms with Gasteiger partial charge in [0.15, 0.2) is 0 Å². The summed E-state index contributed by atoms with van der Waals surface area (Å²) in [6.07, 6.45) is 0.755. The molecule has 0 aliphatic carbocycles. The zero-order valence-corrected chi connectivity index (χ0v) is 17.9. The van der Waals surface area contributed by atoms with Crippen molar-refractivity contribution in [3.05, 3.63) is 65.4 Å². The van der Waals surface area contributed by atoms with Crippen molar-refractivity contribution in [2.75, 3.05) is 38.7 Å². The Kier molecular flexibility index (Phi) is 6.23. The average molecular weight is 421 g/mol. The topological polar surface area (TPSA) is 75.0 Å². The number of aryl methyl sites for hydroxylation is 1.